The molecule has 0 radical (unpaired) electrons. The Bertz CT molecular complexity index is 355. The predicted octanol–water partition coefficient (Wildman–Crippen LogP) is 3.67. The van der Waals surface area contributed by atoms with Gasteiger partial charge in [0.05, 0.1) is 0 Å². The summed E-state index contributed by atoms with van der Waals surface area (Å²) in [6, 6.07) is 8.31. The minimum absolute atomic E-state index is 0.0641. The third-order valence-electron chi connectivity index (χ3n) is 2.53. The predicted molar refractivity (Wildman–Crippen MR) is 66.5 cm³/mol. The van der Waals surface area contributed by atoms with E-state index in [0.717, 1.165) is 0 Å². The van der Waals surface area contributed by atoms with Crippen LogP contribution in [-0.2, 0) is 10.2 Å². The minimum atomic E-state index is -0.0641. The van der Waals surface area contributed by atoms with E-state index in [-0.39, 0.29) is 11.2 Å². The zero-order chi connectivity index (χ0) is 11.5. The standard InChI is InChI=1S/C13H18OS/c1-10(14)9-13(2,3)11-7-5-6-8-12(11)15-4/h5-8H,9H2,1-4H3. The second kappa shape index (κ2) is 4.84. The van der Waals surface area contributed by atoms with Crippen LogP contribution < -0.4 is 0 Å². The summed E-state index contributed by atoms with van der Waals surface area (Å²) in [5.41, 5.74) is 1.21. The highest BCUT2D eigenvalue weighted by molar-refractivity contribution is 7.98. The van der Waals surface area contributed by atoms with Crippen molar-refractivity contribution in [2.45, 2.75) is 37.5 Å². The van der Waals surface area contributed by atoms with Crippen LogP contribution in [-0.4, -0.2) is 12.0 Å². The van der Waals surface area contributed by atoms with Gasteiger partial charge < -0.3 is 0 Å². The second-order valence-electron chi connectivity index (χ2n) is 4.46. The van der Waals surface area contributed by atoms with Crippen molar-refractivity contribution in [3.63, 3.8) is 0 Å². The van der Waals surface area contributed by atoms with Crippen LogP contribution in [0.4, 0.5) is 0 Å². The number of thioether (sulfide) groups is 1. The van der Waals surface area contributed by atoms with Crippen LogP contribution in [0.2, 0.25) is 0 Å². The molecule has 1 rings (SSSR count). The van der Waals surface area contributed by atoms with Crippen molar-refractivity contribution < 1.29 is 4.79 Å². The molecule has 82 valence electrons. The zero-order valence-corrected chi connectivity index (χ0v) is 10.6. The SMILES string of the molecule is CSc1ccccc1C(C)(C)CC(C)=O. The number of carbonyl (C=O) groups is 1. The van der Waals surface area contributed by atoms with Gasteiger partial charge >= 0.3 is 0 Å². The Kier molecular flexibility index (Phi) is 3.97. The molecule has 0 saturated heterocycles. The highest BCUT2D eigenvalue weighted by Gasteiger charge is 2.24. The zero-order valence-electron chi connectivity index (χ0n) is 9.83. The third kappa shape index (κ3) is 3.10. The van der Waals surface area contributed by atoms with E-state index < -0.39 is 0 Å². The Hall–Kier alpha value is -0.760. The maximum Gasteiger partial charge on any atom is 0.130 e. The second-order valence-corrected chi connectivity index (χ2v) is 5.31. The van der Waals surface area contributed by atoms with Gasteiger partial charge in [-0.3, -0.25) is 4.79 Å². The summed E-state index contributed by atoms with van der Waals surface area (Å²) in [6.07, 6.45) is 2.67. The molecule has 2 heteroatoms. The van der Waals surface area contributed by atoms with Gasteiger partial charge in [0.1, 0.15) is 5.78 Å². The van der Waals surface area contributed by atoms with Crippen LogP contribution in [0.1, 0.15) is 32.8 Å². The maximum atomic E-state index is 11.2. The lowest BCUT2D eigenvalue weighted by Crippen LogP contribution is -2.21. The lowest BCUT2D eigenvalue weighted by molar-refractivity contribution is -0.118. The van der Waals surface area contributed by atoms with E-state index in [1.165, 1.54) is 10.5 Å². The van der Waals surface area contributed by atoms with Gasteiger partial charge in [-0.15, -0.1) is 11.8 Å². The van der Waals surface area contributed by atoms with Crippen molar-refractivity contribution in [3.8, 4) is 0 Å². The topological polar surface area (TPSA) is 17.1 Å². The van der Waals surface area contributed by atoms with Crippen LogP contribution in [0.3, 0.4) is 0 Å². The molecule has 0 aromatic heterocycles. The molecule has 0 aliphatic rings. The Labute approximate surface area is 96.3 Å². The summed E-state index contributed by atoms with van der Waals surface area (Å²) in [7, 11) is 0. The molecule has 0 saturated carbocycles. The van der Waals surface area contributed by atoms with Crippen molar-refractivity contribution >= 4 is 17.5 Å². The maximum absolute atomic E-state index is 11.2. The van der Waals surface area contributed by atoms with E-state index in [0.29, 0.717) is 6.42 Å². The molecular formula is C13H18OS. The molecule has 1 aromatic rings. The first-order valence-electron chi connectivity index (χ1n) is 5.10. The van der Waals surface area contributed by atoms with E-state index >= 15 is 0 Å². The van der Waals surface area contributed by atoms with Crippen molar-refractivity contribution in [2.75, 3.05) is 6.26 Å². The van der Waals surface area contributed by atoms with Crippen LogP contribution >= 0.6 is 11.8 Å². The van der Waals surface area contributed by atoms with Crippen LogP contribution in [0, 0.1) is 0 Å². The molecule has 0 atom stereocenters. The number of Topliss-reactive ketones (excluding diaryl/α,β-unsaturated/α-hetero) is 1. The van der Waals surface area contributed by atoms with E-state index in [1.807, 2.05) is 12.1 Å². The van der Waals surface area contributed by atoms with Gasteiger partial charge in [-0.1, -0.05) is 32.0 Å². The van der Waals surface area contributed by atoms with Crippen LogP contribution in [0.25, 0.3) is 0 Å². The fraction of sp³-hybridized carbons (Fsp3) is 0.462. The molecule has 0 aliphatic carbocycles. The molecule has 0 N–H and O–H groups in total. The third-order valence-corrected chi connectivity index (χ3v) is 3.32. The number of carbonyl (C=O) groups excluding carboxylic acids is 1. The van der Waals surface area contributed by atoms with Gasteiger partial charge in [0.25, 0.3) is 0 Å². The largest absolute Gasteiger partial charge is 0.300 e. The molecule has 0 heterocycles. The number of rotatable bonds is 4. The number of benzene rings is 1. The number of hydrogen-bond acceptors (Lipinski definition) is 2. The Balaban J connectivity index is 3.07. The van der Waals surface area contributed by atoms with Crippen molar-refractivity contribution in [1.29, 1.82) is 0 Å². The first-order valence-corrected chi connectivity index (χ1v) is 6.33. The van der Waals surface area contributed by atoms with E-state index in [1.54, 1.807) is 18.7 Å². The number of ketones is 1. The molecule has 0 aliphatic heterocycles. The van der Waals surface area contributed by atoms with E-state index in [9.17, 15) is 4.79 Å². The van der Waals surface area contributed by atoms with Gasteiger partial charge in [-0.05, 0) is 30.2 Å². The number of hydrogen-bond donors (Lipinski definition) is 0. The first kappa shape index (κ1) is 12.3. The quantitative estimate of drug-likeness (QED) is 0.723. The van der Waals surface area contributed by atoms with Gasteiger partial charge in [-0.25, -0.2) is 0 Å². The van der Waals surface area contributed by atoms with Crippen molar-refractivity contribution in [1.82, 2.24) is 0 Å². The monoisotopic (exact) mass is 222 g/mol. The fourth-order valence-electron chi connectivity index (χ4n) is 1.92. The highest BCUT2D eigenvalue weighted by atomic mass is 32.2. The normalized spacial score (nSPS) is 11.5. The van der Waals surface area contributed by atoms with Gasteiger partial charge in [0, 0.05) is 11.3 Å². The highest BCUT2D eigenvalue weighted by Crippen LogP contribution is 2.34. The lowest BCUT2D eigenvalue weighted by Gasteiger charge is -2.26. The lowest BCUT2D eigenvalue weighted by atomic mass is 9.80. The Morgan fingerprint density at radius 2 is 1.93 bits per heavy atom. The van der Waals surface area contributed by atoms with Gasteiger partial charge in [0.2, 0.25) is 0 Å². The van der Waals surface area contributed by atoms with Crippen LogP contribution in [0.15, 0.2) is 29.2 Å². The molecule has 0 bridgehead atoms. The fourth-order valence-corrected chi connectivity index (χ4v) is 2.70. The van der Waals surface area contributed by atoms with Crippen molar-refractivity contribution in [2.24, 2.45) is 0 Å². The molecule has 1 nitrogen and oxygen atoms in total. The van der Waals surface area contributed by atoms with Gasteiger partial charge in [0.15, 0.2) is 0 Å². The average molecular weight is 222 g/mol. The molecular weight excluding hydrogens is 204 g/mol. The molecule has 0 spiro atoms. The summed E-state index contributed by atoms with van der Waals surface area (Å²) in [5, 5.41) is 0. The van der Waals surface area contributed by atoms with E-state index in [4.69, 9.17) is 0 Å². The van der Waals surface area contributed by atoms with Gasteiger partial charge in [-0.2, -0.15) is 0 Å². The Morgan fingerprint density at radius 3 is 2.47 bits per heavy atom. The summed E-state index contributed by atoms with van der Waals surface area (Å²) in [5.74, 6) is 0.246. The molecule has 1 aromatic carbocycles. The summed E-state index contributed by atoms with van der Waals surface area (Å²) >= 11 is 1.74. The van der Waals surface area contributed by atoms with Crippen molar-refractivity contribution in [3.05, 3.63) is 29.8 Å². The average Bonchev–Trinajstić information content (AvgIpc) is 2.16. The molecule has 15 heavy (non-hydrogen) atoms. The Morgan fingerprint density at radius 1 is 1.33 bits per heavy atom. The summed E-state index contributed by atoms with van der Waals surface area (Å²) < 4.78 is 0. The molecule has 0 fully saturated rings. The van der Waals surface area contributed by atoms with Crippen LogP contribution in [0.5, 0.6) is 0 Å². The molecule has 0 unspecified atom stereocenters. The first-order chi connectivity index (χ1) is 6.97. The smallest absolute Gasteiger partial charge is 0.130 e. The summed E-state index contributed by atoms with van der Waals surface area (Å²) in [4.78, 5) is 12.5. The minimum Gasteiger partial charge on any atom is -0.300 e. The molecule has 0 amide bonds. The summed E-state index contributed by atoms with van der Waals surface area (Å²) in [6.45, 7) is 5.91. The van der Waals surface area contributed by atoms with E-state index in [2.05, 4.69) is 32.2 Å².